The molecule has 5 heteroatoms. The first-order valence-electron chi connectivity index (χ1n) is 5.58. The van der Waals surface area contributed by atoms with Gasteiger partial charge in [-0.15, -0.1) is 0 Å². The average molecular weight is 338 g/mol. The zero-order valence-corrected chi connectivity index (χ0v) is 11.4. The predicted molar refractivity (Wildman–Crippen MR) is 65.3 cm³/mol. The van der Waals surface area contributed by atoms with E-state index in [9.17, 15) is 9.59 Å². The van der Waals surface area contributed by atoms with Gasteiger partial charge in [-0.2, -0.15) is 0 Å². The smallest absolute Gasteiger partial charge is 0.350 e. The third-order valence-corrected chi connectivity index (χ3v) is 4.69. The van der Waals surface area contributed by atoms with E-state index in [4.69, 9.17) is 9.47 Å². The number of esters is 2. The number of carbonyl (C=O) groups excluding carboxylic acids is 2. The van der Waals surface area contributed by atoms with Crippen molar-refractivity contribution in [3.8, 4) is 0 Å². The molecule has 1 unspecified atom stereocenters. The van der Waals surface area contributed by atoms with E-state index in [1.54, 1.807) is 0 Å². The molecule has 0 aromatic rings. The fraction of sp³-hybridized carbons (Fsp3) is 0.818. The summed E-state index contributed by atoms with van der Waals surface area (Å²) in [5.74, 6) is -0.748. The molecule has 3 rings (SSSR count). The largest absolute Gasteiger partial charge is 0.458 e. The van der Waals surface area contributed by atoms with Gasteiger partial charge in [-0.3, -0.25) is 4.79 Å². The summed E-state index contributed by atoms with van der Waals surface area (Å²) in [6.07, 6.45) is 3.92. The third kappa shape index (κ3) is 2.19. The molecule has 90 valence electrons. The van der Waals surface area contributed by atoms with Gasteiger partial charge in [0.05, 0.1) is 0 Å². The Morgan fingerprint density at radius 1 is 1.50 bits per heavy atom. The van der Waals surface area contributed by atoms with Gasteiger partial charge in [0.1, 0.15) is 6.10 Å². The molecule has 4 nitrogen and oxygen atoms in total. The molecule has 1 aliphatic carbocycles. The Morgan fingerprint density at radius 2 is 2.25 bits per heavy atom. The van der Waals surface area contributed by atoms with Gasteiger partial charge in [0.25, 0.3) is 0 Å². The SMILES string of the molecule is CC(=O)O[C@@]12CCCC(I)[C@@H](CC1)OC2=O. The van der Waals surface area contributed by atoms with Gasteiger partial charge in [-0.1, -0.05) is 22.6 Å². The second-order valence-electron chi connectivity index (χ2n) is 4.48. The Morgan fingerprint density at radius 3 is 2.88 bits per heavy atom. The fourth-order valence-electron chi connectivity index (χ4n) is 2.45. The van der Waals surface area contributed by atoms with Crippen LogP contribution in [0.15, 0.2) is 0 Å². The number of hydrogen-bond donors (Lipinski definition) is 0. The van der Waals surface area contributed by atoms with Crippen molar-refractivity contribution in [3.05, 3.63) is 0 Å². The van der Waals surface area contributed by atoms with Gasteiger partial charge in [-0.25, -0.2) is 4.79 Å². The number of hydrogen-bond acceptors (Lipinski definition) is 4. The normalized spacial score (nSPS) is 38.5. The third-order valence-electron chi connectivity index (χ3n) is 3.27. The van der Waals surface area contributed by atoms with E-state index >= 15 is 0 Å². The van der Waals surface area contributed by atoms with Crippen molar-refractivity contribution in [2.75, 3.05) is 0 Å². The second-order valence-corrected chi connectivity index (χ2v) is 6.08. The number of rotatable bonds is 1. The first-order valence-corrected chi connectivity index (χ1v) is 6.83. The highest BCUT2D eigenvalue weighted by Gasteiger charge is 2.50. The summed E-state index contributed by atoms with van der Waals surface area (Å²) in [4.78, 5) is 23.0. The Labute approximate surface area is 108 Å². The summed E-state index contributed by atoms with van der Waals surface area (Å²) in [5, 5.41) is 0. The lowest BCUT2D eigenvalue weighted by Gasteiger charge is -2.41. The molecule has 3 fully saturated rings. The molecule has 3 aliphatic rings. The molecular weight excluding hydrogens is 323 g/mol. The Kier molecular flexibility index (Phi) is 3.42. The van der Waals surface area contributed by atoms with Crippen LogP contribution in [0.4, 0.5) is 0 Å². The summed E-state index contributed by atoms with van der Waals surface area (Å²) in [6, 6.07) is 0. The Bertz CT molecular complexity index is 313. The number of alkyl halides is 1. The maximum absolute atomic E-state index is 11.9. The number of halogens is 1. The lowest BCUT2D eigenvalue weighted by atomic mass is 9.83. The van der Waals surface area contributed by atoms with Crippen LogP contribution in [-0.2, 0) is 19.1 Å². The zero-order chi connectivity index (χ0) is 11.8. The molecule has 0 aromatic heterocycles. The lowest BCUT2D eigenvalue weighted by Crippen LogP contribution is -2.52. The lowest BCUT2D eigenvalue weighted by molar-refractivity contribution is -0.198. The maximum Gasteiger partial charge on any atom is 0.350 e. The molecule has 0 spiro atoms. The monoisotopic (exact) mass is 338 g/mol. The van der Waals surface area contributed by atoms with Crippen LogP contribution in [-0.4, -0.2) is 27.6 Å². The number of ether oxygens (including phenoxy) is 2. The molecule has 0 amide bonds. The molecule has 0 aromatic carbocycles. The standard InChI is InChI=1S/C11H15IO4/c1-7(13)16-11-5-2-3-8(12)9(4-6-11)15-10(11)14/h8-9H,2-6H2,1H3/t8?,9-,11+/m1/s1. The molecule has 16 heavy (non-hydrogen) atoms. The molecule has 2 aliphatic heterocycles. The highest BCUT2D eigenvalue weighted by molar-refractivity contribution is 14.1. The topological polar surface area (TPSA) is 52.6 Å². The van der Waals surface area contributed by atoms with Gasteiger partial charge in [-0.05, 0) is 25.7 Å². The molecule has 2 saturated heterocycles. The van der Waals surface area contributed by atoms with Crippen molar-refractivity contribution in [2.45, 2.75) is 54.7 Å². The van der Waals surface area contributed by atoms with Crippen molar-refractivity contribution in [3.63, 3.8) is 0 Å². The highest BCUT2D eigenvalue weighted by atomic mass is 127. The van der Waals surface area contributed by atoms with Crippen LogP contribution in [0.5, 0.6) is 0 Å². The van der Waals surface area contributed by atoms with Gasteiger partial charge in [0.15, 0.2) is 0 Å². The molecule has 2 bridgehead atoms. The van der Waals surface area contributed by atoms with Crippen molar-refractivity contribution in [1.29, 1.82) is 0 Å². The Hall–Kier alpha value is -0.330. The summed E-state index contributed by atoms with van der Waals surface area (Å²) < 4.78 is 11.0. The van der Waals surface area contributed by atoms with Crippen molar-refractivity contribution < 1.29 is 19.1 Å². The van der Waals surface area contributed by atoms with Crippen LogP contribution in [0.2, 0.25) is 0 Å². The molecule has 2 heterocycles. The maximum atomic E-state index is 11.9. The fourth-order valence-corrected chi connectivity index (χ4v) is 3.40. The molecular formula is C11H15IO4. The van der Waals surface area contributed by atoms with E-state index in [2.05, 4.69) is 22.6 Å². The molecule has 1 saturated carbocycles. The second kappa shape index (κ2) is 4.50. The minimum absolute atomic E-state index is 0.00270. The van der Waals surface area contributed by atoms with E-state index < -0.39 is 11.6 Å². The van der Waals surface area contributed by atoms with Gasteiger partial charge >= 0.3 is 11.9 Å². The van der Waals surface area contributed by atoms with E-state index in [-0.39, 0.29) is 12.1 Å². The molecule has 3 atom stereocenters. The molecule has 0 radical (unpaired) electrons. The first-order chi connectivity index (χ1) is 7.53. The Balaban J connectivity index is 2.19. The van der Waals surface area contributed by atoms with Crippen LogP contribution < -0.4 is 0 Å². The minimum atomic E-state index is -0.987. The van der Waals surface area contributed by atoms with Crippen LogP contribution in [0.1, 0.15) is 39.0 Å². The summed E-state index contributed by atoms with van der Waals surface area (Å²) in [7, 11) is 0. The van der Waals surface area contributed by atoms with E-state index in [0.29, 0.717) is 16.8 Å². The van der Waals surface area contributed by atoms with Crippen LogP contribution in [0, 0.1) is 0 Å². The van der Waals surface area contributed by atoms with Crippen molar-refractivity contribution >= 4 is 34.5 Å². The van der Waals surface area contributed by atoms with E-state index in [1.165, 1.54) is 6.92 Å². The van der Waals surface area contributed by atoms with E-state index in [0.717, 1.165) is 19.3 Å². The zero-order valence-electron chi connectivity index (χ0n) is 9.20. The van der Waals surface area contributed by atoms with Gasteiger partial charge in [0, 0.05) is 17.3 Å². The first kappa shape index (κ1) is 12.1. The van der Waals surface area contributed by atoms with Gasteiger partial charge < -0.3 is 9.47 Å². The van der Waals surface area contributed by atoms with E-state index in [1.807, 2.05) is 0 Å². The van der Waals surface area contributed by atoms with Crippen LogP contribution >= 0.6 is 22.6 Å². The number of fused-ring (bicyclic) bond motifs is 5. The molecule has 0 N–H and O–H groups in total. The summed E-state index contributed by atoms with van der Waals surface area (Å²) in [6.45, 7) is 1.34. The average Bonchev–Trinajstić information content (AvgIpc) is 2.19. The number of carbonyl (C=O) groups is 2. The summed E-state index contributed by atoms with van der Waals surface area (Å²) >= 11 is 2.34. The van der Waals surface area contributed by atoms with Crippen molar-refractivity contribution in [2.24, 2.45) is 0 Å². The quantitative estimate of drug-likeness (QED) is 0.417. The van der Waals surface area contributed by atoms with Crippen molar-refractivity contribution in [1.82, 2.24) is 0 Å². The van der Waals surface area contributed by atoms with Crippen LogP contribution in [0.3, 0.4) is 0 Å². The minimum Gasteiger partial charge on any atom is -0.458 e. The van der Waals surface area contributed by atoms with Gasteiger partial charge in [0.2, 0.25) is 5.60 Å². The highest BCUT2D eigenvalue weighted by Crippen LogP contribution is 2.39. The predicted octanol–water partition coefficient (Wildman–Crippen LogP) is 1.98. The summed E-state index contributed by atoms with van der Waals surface area (Å²) in [5.41, 5.74) is -0.987. The van der Waals surface area contributed by atoms with Crippen LogP contribution in [0.25, 0.3) is 0 Å².